The minimum atomic E-state index is -0.805. The van der Waals surface area contributed by atoms with Crippen molar-refractivity contribution in [1.82, 2.24) is 5.32 Å². The molecule has 0 bridgehead atoms. The molecule has 0 saturated carbocycles. The van der Waals surface area contributed by atoms with Crippen molar-refractivity contribution in [2.75, 3.05) is 26.3 Å². The number of rotatable bonds is 5. The lowest BCUT2D eigenvalue weighted by atomic mass is 9.88. The SMILES string of the molecule is CC1(CNCC(O)c2ccccc2F)COC1. The van der Waals surface area contributed by atoms with E-state index in [2.05, 4.69) is 12.2 Å². The first kappa shape index (κ1) is 12.5. The Bertz CT molecular complexity index is 379. The molecule has 1 aliphatic heterocycles. The molecule has 1 aromatic rings. The fraction of sp³-hybridized carbons (Fsp3) is 0.538. The third kappa shape index (κ3) is 3.03. The largest absolute Gasteiger partial charge is 0.387 e. The first-order valence-electron chi connectivity index (χ1n) is 5.82. The van der Waals surface area contributed by atoms with E-state index in [1.807, 2.05) is 0 Å². The average Bonchev–Trinajstić information content (AvgIpc) is 2.27. The van der Waals surface area contributed by atoms with Gasteiger partial charge in [0.1, 0.15) is 5.82 Å². The number of hydrogen-bond acceptors (Lipinski definition) is 3. The molecule has 0 amide bonds. The number of benzene rings is 1. The van der Waals surface area contributed by atoms with E-state index in [9.17, 15) is 9.50 Å². The van der Waals surface area contributed by atoms with E-state index in [1.54, 1.807) is 18.2 Å². The zero-order valence-corrected chi connectivity index (χ0v) is 9.95. The van der Waals surface area contributed by atoms with Gasteiger partial charge in [0, 0.05) is 24.1 Å². The van der Waals surface area contributed by atoms with Crippen LogP contribution in [0.15, 0.2) is 24.3 Å². The highest BCUT2D eigenvalue weighted by molar-refractivity contribution is 5.19. The Morgan fingerprint density at radius 1 is 1.47 bits per heavy atom. The Balaban J connectivity index is 1.81. The van der Waals surface area contributed by atoms with Crippen molar-refractivity contribution in [3.05, 3.63) is 35.6 Å². The van der Waals surface area contributed by atoms with Gasteiger partial charge >= 0.3 is 0 Å². The Morgan fingerprint density at radius 2 is 2.18 bits per heavy atom. The Morgan fingerprint density at radius 3 is 2.76 bits per heavy atom. The standard InChI is InChI=1S/C13H18FNO2/c1-13(8-17-9-13)7-15-6-12(16)10-4-2-3-5-11(10)14/h2-5,12,15-16H,6-9H2,1H3. The molecule has 1 saturated heterocycles. The van der Waals surface area contributed by atoms with Crippen LogP contribution in [-0.4, -0.2) is 31.4 Å². The van der Waals surface area contributed by atoms with Gasteiger partial charge in [0.05, 0.1) is 19.3 Å². The van der Waals surface area contributed by atoms with E-state index in [0.29, 0.717) is 12.1 Å². The molecule has 1 atom stereocenters. The predicted octanol–water partition coefficient (Wildman–Crippen LogP) is 1.49. The van der Waals surface area contributed by atoms with Gasteiger partial charge in [-0.15, -0.1) is 0 Å². The quantitative estimate of drug-likeness (QED) is 0.818. The number of ether oxygens (including phenoxy) is 1. The zero-order chi connectivity index (χ0) is 12.3. The second-order valence-corrected chi connectivity index (χ2v) is 4.97. The fourth-order valence-corrected chi connectivity index (χ4v) is 1.92. The molecule has 1 aliphatic rings. The van der Waals surface area contributed by atoms with Gasteiger partial charge in [-0.2, -0.15) is 0 Å². The zero-order valence-electron chi connectivity index (χ0n) is 9.95. The van der Waals surface area contributed by atoms with E-state index < -0.39 is 6.10 Å². The van der Waals surface area contributed by atoms with Crippen molar-refractivity contribution < 1.29 is 14.2 Å². The summed E-state index contributed by atoms with van der Waals surface area (Å²) in [6, 6.07) is 6.31. The maximum atomic E-state index is 13.4. The third-order valence-corrected chi connectivity index (χ3v) is 3.05. The number of aliphatic hydroxyl groups excluding tert-OH is 1. The maximum absolute atomic E-state index is 13.4. The van der Waals surface area contributed by atoms with Crippen molar-refractivity contribution in [1.29, 1.82) is 0 Å². The normalized spacial score (nSPS) is 19.7. The van der Waals surface area contributed by atoms with Crippen LogP contribution in [0, 0.1) is 11.2 Å². The average molecular weight is 239 g/mol. The number of halogens is 1. The van der Waals surface area contributed by atoms with Crippen LogP contribution < -0.4 is 5.32 Å². The predicted molar refractivity (Wildman–Crippen MR) is 63.2 cm³/mol. The monoisotopic (exact) mass is 239 g/mol. The van der Waals surface area contributed by atoms with Gasteiger partial charge in [-0.1, -0.05) is 25.1 Å². The van der Waals surface area contributed by atoms with Crippen LogP contribution >= 0.6 is 0 Å². The molecule has 2 N–H and O–H groups in total. The van der Waals surface area contributed by atoms with E-state index in [-0.39, 0.29) is 11.2 Å². The summed E-state index contributed by atoms with van der Waals surface area (Å²) in [7, 11) is 0. The van der Waals surface area contributed by atoms with Gasteiger partial charge in [-0.3, -0.25) is 0 Å². The summed E-state index contributed by atoms with van der Waals surface area (Å²) in [6.07, 6.45) is -0.805. The van der Waals surface area contributed by atoms with Gasteiger partial charge in [0.25, 0.3) is 0 Å². The Hall–Kier alpha value is -0.970. The number of aliphatic hydroxyl groups is 1. The topological polar surface area (TPSA) is 41.5 Å². The molecule has 1 aromatic carbocycles. The van der Waals surface area contributed by atoms with Gasteiger partial charge in [0.15, 0.2) is 0 Å². The molecule has 1 heterocycles. The second-order valence-electron chi connectivity index (χ2n) is 4.97. The van der Waals surface area contributed by atoms with Gasteiger partial charge in [-0.05, 0) is 6.07 Å². The van der Waals surface area contributed by atoms with Crippen molar-refractivity contribution in [3.63, 3.8) is 0 Å². The molecule has 1 fully saturated rings. The van der Waals surface area contributed by atoms with Crippen LogP contribution in [0.1, 0.15) is 18.6 Å². The second kappa shape index (κ2) is 5.12. The molecule has 94 valence electrons. The summed E-state index contributed by atoms with van der Waals surface area (Å²) >= 11 is 0. The molecule has 4 heteroatoms. The maximum Gasteiger partial charge on any atom is 0.129 e. The van der Waals surface area contributed by atoms with Crippen LogP contribution in [0.3, 0.4) is 0 Å². The van der Waals surface area contributed by atoms with E-state index in [4.69, 9.17) is 4.74 Å². The fourth-order valence-electron chi connectivity index (χ4n) is 1.92. The molecule has 17 heavy (non-hydrogen) atoms. The minimum absolute atomic E-state index is 0.162. The molecule has 3 nitrogen and oxygen atoms in total. The van der Waals surface area contributed by atoms with Crippen molar-refractivity contribution >= 4 is 0 Å². The molecule has 1 unspecified atom stereocenters. The van der Waals surface area contributed by atoms with Gasteiger partial charge in [-0.25, -0.2) is 4.39 Å². The summed E-state index contributed by atoms with van der Waals surface area (Å²) in [6.45, 7) is 4.75. The smallest absolute Gasteiger partial charge is 0.129 e. The molecule has 0 spiro atoms. The summed E-state index contributed by atoms with van der Waals surface area (Å²) in [5.74, 6) is -0.361. The third-order valence-electron chi connectivity index (χ3n) is 3.05. The van der Waals surface area contributed by atoms with Gasteiger partial charge in [0.2, 0.25) is 0 Å². The van der Waals surface area contributed by atoms with Crippen LogP contribution in [0.5, 0.6) is 0 Å². The molecule has 0 aliphatic carbocycles. The molecule has 2 rings (SSSR count). The van der Waals surface area contributed by atoms with E-state index >= 15 is 0 Å². The summed E-state index contributed by atoms with van der Waals surface area (Å²) in [4.78, 5) is 0. The first-order chi connectivity index (χ1) is 8.11. The van der Waals surface area contributed by atoms with Crippen LogP contribution in [0.4, 0.5) is 4.39 Å². The summed E-state index contributed by atoms with van der Waals surface area (Å²) in [5, 5.41) is 13.0. The lowest BCUT2D eigenvalue weighted by Gasteiger charge is -2.38. The lowest BCUT2D eigenvalue weighted by molar-refractivity contribution is -0.0996. The molecular formula is C13H18FNO2. The highest BCUT2D eigenvalue weighted by Gasteiger charge is 2.32. The van der Waals surface area contributed by atoms with E-state index in [0.717, 1.165) is 19.8 Å². The number of hydrogen-bond donors (Lipinski definition) is 2. The Labute approximate surface area is 101 Å². The van der Waals surface area contributed by atoms with Gasteiger partial charge < -0.3 is 15.2 Å². The minimum Gasteiger partial charge on any atom is -0.387 e. The number of nitrogens with one attached hydrogen (secondary N) is 1. The summed E-state index contributed by atoms with van der Waals surface area (Å²) < 4.78 is 18.5. The van der Waals surface area contributed by atoms with E-state index in [1.165, 1.54) is 6.07 Å². The van der Waals surface area contributed by atoms with Crippen LogP contribution in [0.25, 0.3) is 0 Å². The molecule has 0 radical (unpaired) electrons. The first-order valence-corrected chi connectivity index (χ1v) is 5.82. The highest BCUT2D eigenvalue weighted by Crippen LogP contribution is 2.25. The van der Waals surface area contributed by atoms with Crippen LogP contribution in [0.2, 0.25) is 0 Å². The van der Waals surface area contributed by atoms with Crippen molar-refractivity contribution in [2.24, 2.45) is 5.41 Å². The Kier molecular flexibility index (Phi) is 3.76. The lowest BCUT2D eigenvalue weighted by Crippen LogP contribution is -2.47. The van der Waals surface area contributed by atoms with Crippen molar-refractivity contribution in [3.8, 4) is 0 Å². The van der Waals surface area contributed by atoms with Crippen LogP contribution in [-0.2, 0) is 4.74 Å². The highest BCUT2D eigenvalue weighted by atomic mass is 19.1. The molecular weight excluding hydrogens is 221 g/mol. The molecule has 0 aromatic heterocycles. The summed E-state index contributed by atoms with van der Waals surface area (Å²) in [5.41, 5.74) is 0.504. The van der Waals surface area contributed by atoms with Crippen molar-refractivity contribution in [2.45, 2.75) is 13.0 Å².